The second kappa shape index (κ2) is 5.25. The lowest BCUT2D eigenvalue weighted by molar-refractivity contribution is -0.227. The zero-order chi connectivity index (χ0) is 14.1. The largest absolute Gasteiger partial charge is 0.458 e. The Morgan fingerprint density at radius 3 is 2.75 bits per heavy atom. The van der Waals surface area contributed by atoms with Crippen LogP contribution in [0.3, 0.4) is 0 Å². The summed E-state index contributed by atoms with van der Waals surface area (Å²) in [4.78, 5) is 22.8. The third-order valence-electron chi connectivity index (χ3n) is 3.61. The van der Waals surface area contributed by atoms with E-state index in [9.17, 15) is 9.59 Å². The van der Waals surface area contributed by atoms with Crippen molar-refractivity contribution < 1.29 is 23.8 Å². The molecule has 3 rings (SSSR count). The van der Waals surface area contributed by atoms with E-state index in [1.54, 1.807) is 0 Å². The third-order valence-corrected chi connectivity index (χ3v) is 3.61. The minimum absolute atomic E-state index is 0.168. The lowest BCUT2D eigenvalue weighted by atomic mass is 9.90. The van der Waals surface area contributed by atoms with E-state index in [0.717, 1.165) is 5.56 Å². The number of benzene rings is 1. The van der Waals surface area contributed by atoms with Crippen molar-refractivity contribution in [2.45, 2.75) is 44.2 Å². The van der Waals surface area contributed by atoms with E-state index in [-0.39, 0.29) is 18.5 Å². The highest BCUT2D eigenvalue weighted by Crippen LogP contribution is 2.39. The van der Waals surface area contributed by atoms with Gasteiger partial charge < -0.3 is 14.2 Å². The van der Waals surface area contributed by atoms with Gasteiger partial charge in [-0.1, -0.05) is 30.3 Å². The highest BCUT2D eigenvalue weighted by atomic mass is 16.6. The molecule has 106 valence electrons. The van der Waals surface area contributed by atoms with E-state index >= 15 is 0 Å². The van der Waals surface area contributed by atoms with Crippen molar-refractivity contribution in [2.24, 2.45) is 0 Å². The van der Waals surface area contributed by atoms with Crippen LogP contribution in [0.25, 0.3) is 0 Å². The first kappa shape index (κ1) is 13.1. The average molecular weight is 276 g/mol. The molecule has 2 heterocycles. The first-order valence-electron chi connectivity index (χ1n) is 6.70. The van der Waals surface area contributed by atoms with Crippen LogP contribution >= 0.6 is 0 Å². The summed E-state index contributed by atoms with van der Waals surface area (Å²) in [6.45, 7) is 1.35. The highest BCUT2D eigenvalue weighted by molar-refractivity contribution is 5.71. The fourth-order valence-electron chi connectivity index (χ4n) is 2.82. The second-order valence-electron chi connectivity index (χ2n) is 5.13. The molecule has 2 bridgehead atoms. The Bertz CT molecular complexity index is 512. The quantitative estimate of drug-likeness (QED) is 0.770. The maximum atomic E-state index is 11.5. The zero-order valence-corrected chi connectivity index (χ0v) is 11.2. The zero-order valence-electron chi connectivity index (χ0n) is 11.2. The van der Waals surface area contributed by atoms with Crippen molar-refractivity contribution in [3.63, 3.8) is 0 Å². The van der Waals surface area contributed by atoms with Gasteiger partial charge in [0.05, 0.1) is 12.5 Å². The predicted octanol–water partition coefficient (Wildman–Crippen LogP) is 1.76. The summed E-state index contributed by atoms with van der Waals surface area (Å²) in [6, 6.07) is 9.56. The van der Waals surface area contributed by atoms with Crippen LogP contribution in [-0.4, -0.2) is 30.3 Å². The number of ether oxygens (including phenoxy) is 3. The van der Waals surface area contributed by atoms with Gasteiger partial charge in [0.1, 0.15) is 12.2 Å². The highest BCUT2D eigenvalue weighted by Gasteiger charge is 2.47. The summed E-state index contributed by atoms with van der Waals surface area (Å²) < 4.78 is 16.6. The SMILES string of the molecule is CC(=O)OC1C2CC(CC(=O)O2)OC1c1ccccc1. The molecule has 5 heteroatoms. The van der Waals surface area contributed by atoms with Gasteiger partial charge in [0.15, 0.2) is 6.10 Å². The summed E-state index contributed by atoms with van der Waals surface area (Å²) in [6.07, 6.45) is -0.741. The fourth-order valence-corrected chi connectivity index (χ4v) is 2.82. The maximum Gasteiger partial charge on any atom is 0.308 e. The van der Waals surface area contributed by atoms with Gasteiger partial charge in [-0.25, -0.2) is 0 Å². The van der Waals surface area contributed by atoms with E-state index in [1.807, 2.05) is 30.3 Å². The topological polar surface area (TPSA) is 61.8 Å². The van der Waals surface area contributed by atoms with E-state index < -0.39 is 24.3 Å². The molecule has 20 heavy (non-hydrogen) atoms. The van der Waals surface area contributed by atoms with E-state index in [0.29, 0.717) is 6.42 Å². The minimum Gasteiger partial charge on any atom is -0.458 e. The molecule has 1 aromatic carbocycles. The average Bonchev–Trinajstić information content (AvgIpc) is 2.42. The Morgan fingerprint density at radius 1 is 1.30 bits per heavy atom. The van der Waals surface area contributed by atoms with E-state index in [4.69, 9.17) is 14.2 Å². The van der Waals surface area contributed by atoms with Crippen molar-refractivity contribution in [1.82, 2.24) is 0 Å². The normalized spacial score (nSPS) is 32.4. The molecule has 0 N–H and O–H groups in total. The Labute approximate surface area is 116 Å². The molecule has 2 fully saturated rings. The summed E-state index contributed by atoms with van der Waals surface area (Å²) >= 11 is 0. The van der Waals surface area contributed by atoms with Gasteiger partial charge in [-0.2, -0.15) is 0 Å². The van der Waals surface area contributed by atoms with E-state index in [1.165, 1.54) is 6.92 Å². The Balaban J connectivity index is 1.90. The molecular formula is C15H16O5. The smallest absolute Gasteiger partial charge is 0.308 e. The molecule has 0 saturated carbocycles. The molecule has 0 radical (unpaired) electrons. The molecule has 4 atom stereocenters. The van der Waals surface area contributed by atoms with Crippen LogP contribution in [0.1, 0.15) is 31.4 Å². The molecule has 0 aromatic heterocycles. The molecule has 2 aliphatic heterocycles. The molecule has 4 unspecified atom stereocenters. The monoisotopic (exact) mass is 276 g/mol. The van der Waals surface area contributed by atoms with Crippen LogP contribution in [-0.2, 0) is 23.8 Å². The number of fused-ring (bicyclic) bond motifs is 2. The number of carbonyl (C=O) groups excluding carboxylic acids is 2. The summed E-state index contributed by atoms with van der Waals surface area (Å²) in [5.41, 5.74) is 0.923. The van der Waals surface area contributed by atoms with Crippen molar-refractivity contribution >= 4 is 11.9 Å². The molecular weight excluding hydrogens is 260 g/mol. The molecule has 0 aliphatic carbocycles. The summed E-state index contributed by atoms with van der Waals surface area (Å²) in [5.74, 6) is -0.700. The number of hydrogen-bond acceptors (Lipinski definition) is 5. The number of rotatable bonds is 2. The Morgan fingerprint density at radius 2 is 2.05 bits per heavy atom. The molecule has 0 spiro atoms. The Hall–Kier alpha value is -1.88. The van der Waals surface area contributed by atoms with Crippen LogP contribution in [0.4, 0.5) is 0 Å². The lowest BCUT2D eigenvalue weighted by Crippen LogP contribution is -2.51. The predicted molar refractivity (Wildman–Crippen MR) is 68.7 cm³/mol. The van der Waals surface area contributed by atoms with Crippen LogP contribution in [0.5, 0.6) is 0 Å². The van der Waals surface area contributed by atoms with Gasteiger partial charge >= 0.3 is 11.9 Å². The number of hydrogen-bond donors (Lipinski definition) is 0. The molecule has 5 nitrogen and oxygen atoms in total. The lowest BCUT2D eigenvalue weighted by Gasteiger charge is -2.43. The first-order valence-corrected chi connectivity index (χ1v) is 6.70. The molecule has 0 amide bonds. The summed E-state index contributed by atoms with van der Waals surface area (Å²) in [5, 5.41) is 0. The minimum atomic E-state index is -0.588. The molecule has 2 aliphatic rings. The number of carbonyl (C=O) groups is 2. The van der Waals surface area contributed by atoms with Crippen LogP contribution in [0.2, 0.25) is 0 Å². The molecule has 1 aromatic rings. The van der Waals surface area contributed by atoms with Crippen LogP contribution in [0.15, 0.2) is 30.3 Å². The summed E-state index contributed by atoms with van der Waals surface area (Å²) in [7, 11) is 0. The molecule has 2 saturated heterocycles. The van der Waals surface area contributed by atoms with Gasteiger partial charge in [-0.05, 0) is 5.56 Å². The standard InChI is InChI=1S/C15H16O5/c1-9(16)18-15-12-7-11(8-13(17)20-12)19-14(15)10-5-3-2-4-6-10/h2-6,11-12,14-15H,7-8H2,1H3. The third kappa shape index (κ3) is 2.54. The van der Waals surface area contributed by atoms with Gasteiger partial charge in [-0.15, -0.1) is 0 Å². The van der Waals surface area contributed by atoms with Crippen molar-refractivity contribution in [1.29, 1.82) is 0 Å². The Kier molecular flexibility index (Phi) is 3.44. The van der Waals surface area contributed by atoms with Crippen molar-refractivity contribution in [3.8, 4) is 0 Å². The van der Waals surface area contributed by atoms with Gasteiger partial charge in [0, 0.05) is 13.3 Å². The van der Waals surface area contributed by atoms with E-state index in [2.05, 4.69) is 0 Å². The van der Waals surface area contributed by atoms with Gasteiger partial charge in [-0.3, -0.25) is 9.59 Å². The van der Waals surface area contributed by atoms with Crippen LogP contribution < -0.4 is 0 Å². The van der Waals surface area contributed by atoms with Gasteiger partial charge in [0.25, 0.3) is 0 Å². The fraction of sp³-hybridized carbons (Fsp3) is 0.467. The first-order chi connectivity index (χ1) is 9.63. The van der Waals surface area contributed by atoms with Crippen molar-refractivity contribution in [3.05, 3.63) is 35.9 Å². The second-order valence-corrected chi connectivity index (χ2v) is 5.13. The van der Waals surface area contributed by atoms with Gasteiger partial charge in [0.2, 0.25) is 0 Å². The van der Waals surface area contributed by atoms with Crippen LogP contribution in [0, 0.1) is 0 Å². The maximum absolute atomic E-state index is 11.5. The van der Waals surface area contributed by atoms with Crippen molar-refractivity contribution in [2.75, 3.05) is 0 Å². The number of esters is 2.